The zero-order valence-corrected chi connectivity index (χ0v) is 12.2. The highest BCUT2D eigenvalue weighted by Gasteiger charge is 2.26. The van der Waals surface area contributed by atoms with Crippen LogP contribution in [0.4, 0.5) is 5.69 Å². The van der Waals surface area contributed by atoms with Crippen molar-refractivity contribution in [2.75, 3.05) is 17.6 Å². The van der Waals surface area contributed by atoms with Crippen LogP contribution in [0.15, 0.2) is 29.0 Å². The van der Waals surface area contributed by atoms with E-state index in [0.29, 0.717) is 18.1 Å². The first-order chi connectivity index (χ1) is 9.11. The number of Topliss-reactive ketones (excluding diaryl/α,β-unsaturated/α-hetero) is 1. The molecule has 0 saturated heterocycles. The Bertz CT molecular complexity index is 526. The monoisotopic (exact) mass is 278 g/mol. The molecule has 102 valence electrons. The largest absolute Gasteiger partial charge is 0.402 e. The number of carbonyl (C=O) groups excluding carboxylic acids is 1. The number of aryl methyl sites for hydroxylation is 2. The fourth-order valence-electron chi connectivity index (χ4n) is 1.69. The zero-order valence-electron chi connectivity index (χ0n) is 11.4. The molecule has 0 aromatic heterocycles. The summed E-state index contributed by atoms with van der Waals surface area (Å²) in [7, 11) is 0. The number of ketones is 1. The smallest absolute Gasteiger partial charge is 0.220 e. The van der Waals surface area contributed by atoms with Crippen molar-refractivity contribution in [2.24, 2.45) is 0 Å². The molecule has 0 bridgehead atoms. The van der Waals surface area contributed by atoms with Crippen LogP contribution in [-0.4, -0.2) is 18.1 Å². The molecular weight excluding hydrogens is 260 g/mol. The topological polar surface area (TPSA) is 50.4 Å². The standard InChI is InChI=1S/C14H18N2O2S/c1-4-15-18-13-12(17)8-19-14(13)16-11-6-5-9(2)10(3)7-11/h5-7,15-16H,4,8H2,1-3H3. The Balaban J connectivity index is 2.17. The first-order valence-electron chi connectivity index (χ1n) is 6.26. The Morgan fingerprint density at radius 2 is 2.11 bits per heavy atom. The lowest BCUT2D eigenvalue weighted by molar-refractivity contribution is -0.117. The van der Waals surface area contributed by atoms with Gasteiger partial charge in [-0.1, -0.05) is 17.8 Å². The van der Waals surface area contributed by atoms with Gasteiger partial charge >= 0.3 is 0 Å². The molecular formula is C14H18N2O2S. The maximum atomic E-state index is 11.7. The van der Waals surface area contributed by atoms with Gasteiger partial charge in [0, 0.05) is 12.2 Å². The highest BCUT2D eigenvalue weighted by Crippen LogP contribution is 2.30. The van der Waals surface area contributed by atoms with E-state index in [9.17, 15) is 4.79 Å². The van der Waals surface area contributed by atoms with Crippen LogP contribution < -0.4 is 10.8 Å². The van der Waals surface area contributed by atoms with Crippen molar-refractivity contribution in [3.05, 3.63) is 40.1 Å². The summed E-state index contributed by atoms with van der Waals surface area (Å²) in [4.78, 5) is 17.0. The normalized spacial score (nSPS) is 15.0. The second kappa shape index (κ2) is 6.12. The molecule has 0 saturated carbocycles. The first-order valence-corrected chi connectivity index (χ1v) is 7.24. The lowest BCUT2D eigenvalue weighted by atomic mass is 10.1. The van der Waals surface area contributed by atoms with Crippen molar-refractivity contribution in [2.45, 2.75) is 20.8 Å². The predicted molar refractivity (Wildman–Crippen MR) is 78.8 cm³/mol. The van der Waals surface area contributed by atoms with Crippen LogP contribution in [0.5, 0.6) is 0 Å². The van der Waals surface area contributed by atoms with Gasteiger partial charge in [0.05, 0.1) is 5.75 Å². The third-order valence-corrected chi connectivity index (χ3v) is 3.87. The van der Waals surface area contributed by atoms with Crippen LogP contribution in [0.3, 0.4) is 0 Å². The van der Waals surface area contributed by atoms with Crippen LogP contribution in [0.25, 0.3) is 0 Å². The minimum Gasteiger partial charge on any atom is -0.402 e. The Morgan fingerprint density at radius 3 is 2.79 bits per heavy atom. The summed E-state index contributed by atoms with van der Waals surface area (Å²) in [5, 5.41) is 4.03. The average Bonchev–Trinajstić information content (AvgIpc) is 2.72. The quantitative estimate of drug-likeness (QED) is 0.811. The minimum atomic E-state index is 0.0114. The molecule has 2 N–H and O–H groups in total. The molecule has 2 rings (SSSR count). The van der Waals surface area contributed by atoms with Crippen LogP contribution >= 0.6 is 11.8 Å². The van der Waals surface area contributed by atoms with Gasteiger partial charge in [-0.3, -0.25) is 4.79 Å². The molecule has 1 aromatic rings. The van der Waals surface area contributed by atoms with Crippen LogP contribution in [0, 0.1) is 13.8 Å². The highest BCUT2D eigenvalue weighted by molar-refractivity contribution is 8.04. The van der Waals surface area contributed by atoms with E-state index >= 15 is 0 Å². The third-order valence-electron chi connectivity index (χ3n) is 2.89. The number of carbonyl (C=O) groups is 1. The van der Waals surface area contributed by atoms with Gasteiger partial charge < -0.3 is 10.2 Å². The molecule has 4 nitrogen and oxygen atoms in total. The summed E-state index contributed by atoms with van der Waals surface area (Å²) in [5.74, 6) is 0.816. The molecule has 5 heteroatoms. The van der Waals surface area contributed by atoms with E-state index in [2.05, 4.69) is 36.8 Å². The van der Waals surface area contributed by atoms with Crippen molar-refractivity contribution < 1.29 is 9.63 Å². The minimum absolute atomic E-state index is 0.0114. The molecule has 1 aliphatic heterocycles. The van der Waals surface area contributed by atoms with E-state index in [0.717, 1.165) is 10.7 Å². The summed E-state index contributed by atoms with van der Waals surface area (Å²) in [6.07, 6.45) is 0. The molecule has 0 radical (unpaired) electrons. The molecule has 0 amide bonds. The molecule has 0 aliphatic carbocycles. The summed E-state index contributed by atoms with van der Waals surface area (Å²) in [6, 6.07) is 6.13. The Labute approximate surface area is 117 Å². The number of hydrogen-bond acceptors (Lipinski definition) is 5. The van der Waals surface area contributed by atoms with Crippen molar-refractivity contribution >= 4 is 23.2 Å². The third kappa shape index (κ3) is 3.30. The fourth-order valence-corrected chi connectivity index (χ4v) is 2.57. The number of rotatable bonds is 5. The van der Waals surface area contributed by atoms with Crippen LogP contribution in [0.2, 0.25) is 0 Å². The molecule has 0 fully saturated rings. The van der Waals surface area contributed by atoms with Crippen molar-refractivity contribution in [3.63, 3.8) is 0 Å². The average molecular weight is 278 g/mol. The maximum Gasteiger partial charge on any atom is 0.220 e. The van der Waals surface area contributed by atoms with Gasteiger partial charge in [0.2, 0.25) is 11.5 Å². The number of thioether (sulfide) groups is 1. The number of hydroxylamine groups is 1. The Hall–Kier alpha value is -1.46. The van der Waals surface area contributed by atoms with Gasteiger partial charge in [-0.2, -0.15) is 5.48 Å². The van der Waals surface area contributed by atoms with Gasteiger partial charge in [-0.05, 0) is 44.0 Å². The molecule has 1 heterocycles. The molecule has 0 atom stereocenters. The van der Waals surface area contributed by atoms with Crippen LogP contribution in [0.1, 0.15) is 18.1 Å². The van der Waals surface area contributed by atoms with E-state index in [1.54, 1.807) is 0 Å². The van der Waals surface area contributed by atoms with Gasteiger partial charge in [0.15, 0.2) is 0 Å². The van der Waals surface area contributed by atoms with Gasteiger partial charge in [-0.15, -0.1) is 0 Å². The highest BCUT2D eigenvalue weighted by atomic mass is 32.2. The predicted octanol–water partition coefficient (Wildman–Crippen LogP) is 2.74. The maximum absolute atomic E-state index is 11.7. The summed E-state index contributed by atoms with van der Waals surface area (Å²) < 4.78 is 0. The van der Waals surface area contributed by atoms with Crippen LogP contribution in [-0.2, 0) is 9.63 Å². The van der Waals surface area contributed by atoms with Gasteiger partial charge in [0.25, 0.3) is 0 Å². The van der Waals surface area contributed by atoms with E-state index in [-0.39, 0.29) is 5.78 Å². The summed E-state index contributed by atoms with van der Waals surface area (Å²) >= 11 is 1.47. The zero-order chi connectivity index (χ0) is 13.8. The number of nitrogens with one attached hydrogen (secondary N) is 2. The first kappa shape index (κ1) is 14.0. The summed E-state index contributed by atoms with van der Waals surface area (Å²) in [5.41, 5.74) is 6.16. The molecule has 1 aliphatic rings. The molecule has 19 heavy (non-hydrogen) atoms. The number of benzene rings is 1. The Kier molecular flexibility index (Phi) is 4.50. The fraction of sp³-hybridized carbons (Fsp3) is 0.357. The molecule has 0 unspecified atom stereocenters. The van der Waals surface area contributed by atoms with E-state index in [4.69, 9.17) is 4.84 Å². The van der Waals surface area contributed by atoms with E-state index in [1.165, 1.54) is 22.9 Å². The molecule has 1 aromatic carbocycles. The molecule has 0 spiro atoms. The van der Waals surface area contributed by atoms with Gasteiger partial charge in [-0.25, -0.2) is 0 Å². The van der Waals surface area contributed by atoms with Crippen molar-refractivity contribution in [1.29, 1.82) is 0 Å². The Morgan fingerprint density at radius 1 is 1.32 bits per heavy atom. The number of allylic oxidation sites excluding steroid dienone is 1. The SMILES string of the molecule is CCNOC1=C(Nc2ccc(C)c(C)c2)SCC1=O. The number of anilines is 1. The van der Waals surface area contributed by atoms with Crippen molar-refractivity contribution in [1.82, 2.24) is 5.48 Å². The lowest BCUT2D eigenvalue weighted by Gasteiger charge is -2.11. The lowest BCUT2D eigenvalue weighted by Crippen LogP contribution is -2.18. The van der Waals surface area contributed by atoms with Gasteiger partial charge in [0.1, 0.15) is 5.03 Å². The number of hydrogen-bond donors (Lipinski definition) is 2. The van der Waals surface area contributed by atoms with E-state index in [1.807, 2.05) is 13.0 Å². The van der Waals surface area contributed by atoms with E-state index < -0.39 is 0 Å². The second-order valence-corrected chi connectivity index (χ2v) is 5.38. The second-order valence-electron chi connectivity index (χ2n) is 4.39. The summed E-state index contributed by atoms with van der Waals surface area (Å²) in [6.45, 7) is 6.71. The van der Waals surface area contributed by atoms with Crippen molar-refractivity contribution in [3.8, 4) is 0 Å².